The third-order valence-electron chi connectivity index (χ3n) is 5.84. The van der Waals surface area contributed by atoms with Gasteiger partial charge < -0.3 is 9.84 Å². The van der Waals surface area contributed by atoms with Crippen LogP contribution in [0.5, 0.6) is 11.5 Å². The molecule has 0 aromatic heterocycles. The monoisotopic (exact) mass is 423 g/mol. The number of fused-ring (bicyclic) bond motifs is 1. The zero-order valence-electron chi connectivity index (χ0n) is 16.8. The van der Waals surface area contributed by atoms with Crippen LogP contribution in [0.25, 0.3) is 0 Å². The molecule has 0 radical (unpaired) electrons. The first-order valence-electron chi connectivity index (χ1n) is 9.94. The zero-order valence-corrected chi connectivity index (χ0v) is 16.8. The predicted molar refractivity (Wildman–Crippen MR) is 112 cm³/mol. The molecule has 1 unspecified atom stereocenters. The van der Waals surface area contributed by atoms with Gasteiger partial charge in [0.2, 0.25) is 11.5 Å². The molecule has 1 atom stereocenters. The zero-order chi connectivity index (χ0) is 21.8. The van der Waals surface area contributed by atoms with Crippen molar-refractivity contribution in [1.29, 1.82) is 0 Å². The molecular formula is C23H21F2N4O2+. The van der Waals surface area contributed by atoms with Crippen LogP contribution in [0.2, 0.25) is 0 Å². The lowest BCUT2D eigenvalue weighted by molar-refractivity contribution is -0.750. The number of rotatable bonds is 4. The summed E-state index contributed by atoms with van der Waals surface area (Å²) in [6.45, 7) is 1.76. The second-order valence-electron chi connectivity index (χ2n) is 8.32. The van der Waals surface area contributed by atoms with Crippen LogP contribution in [0, 0.1) is 17.6 Å². The third kappa shape index (κ3) is 3.20. The van der Waals surface area contributed by atoms with E-state index in [1.54, 1.807) is 49.7 Å². The number of benzene rings is 2. The molecule has 0 saturated heterocycles. The summed E-state index contributed by atoms with van der Waals surface area (Å²) in [5.74, 6) is 4.66. The maximum absolute atomic E-state index is 15.2. The molecule has 0 bridgehead atoms. The summed E-state index contributed by atoms with van der Waals surface area (Å²) in [5, 5.41) is 10.1. The van der Waals surface area contributed by atoms with Gasteiger partial charge in [0.15, 0.2) is 11.6 Å². The largest absolute Gasteiger partial charge is 0.454 e. The van der Waals surface area contributed by atoms with Gasteiger partial charge >= 0.3 is 0 Å². The van der Waals surface area contributed by atoms with Crippen molar-refractivity contribution in [3.05, 3.63) is 83.5 Å². The molecule has 2 aromatic carbocycles. The predicted octanol–water partition coefficient (Wildman–Crippen LogP) is 4.14. The smallest absolute Gasteiger partial charge is 0.268 e. The fourth-order valence-electron chi connectivity index (χ4n) is 4.28. The Labute approximate surface area is 177 Å². The van der Waals surface area contributed by atoms with E-state index in [1.807, 2.05) is 0 Å². The van der Waals surface area contributed by atoms with Crippen molar-refractivity contribution in [2.45, 2.75) is 25.4 Å². The van der Waals surface area contributed by atoms with Crippen LogP contribution in [0.3, 0.4) is 0 Å². The number of hydrogen-bond acceptors (Lipinski definition) is 5. The number of para-hydroxylation sites is 1. The molecule has 1 fully saturated rings. The Morgan fingerprint density at radius 1 is 1.13 bits per heavy atom. The van der Waals surface area contributed by atoms with Gasteiger partial charge in [-0.15, -0.1) is 4.59 Å². The van der Waals surface area contributed by atoms with Crippen LogP contribution >= 0.6 is 0 Å². The summed E-state index contributed by atoms with van der Waals surface area (Å²) in [5.41, 5.74) is 0.402. The standard InChI is InChI=1S/C23H21F2N4O2/c1-23(30)11-14(12-23)21-17-13-27-9-10-29(17,26)22(28-21)16-7-8-18(20(25)19(16)24)31-15-5-3-2-4-6-15/h2-10,13-14,30H,11-12,26H2,1H3/q+1. The molecule has 2 aromatic rings. The van der Waals surface area contributed by atoms with Crippen molar-refractivity contribution in [2.24, 2.45) is 21.7 Å². The van der Waals surface area contributed by atoms with Crippen molar-refractivity contribution in [3.8, 4) is 11.5 Å². The van der Waals surface area contributed by atoms with E-state index in [2.05, 4.69) is 9.98 Å². The molecule has 158 valence electrons. The second kappa shape index (κ2) is 6.91. The molecule has 3 N–H and O–H groups in total. The summed E-state index contributed by atoms with van der Waals surface area (Å²) >= 11 is 0. The van der Waals surface area contributed by atoms with Gasteiger partial charge in [0, 0.05) is 5.92 Å². The highest BCUT2D eigenvalue weighted by atomic mass is 19.2. The Hall–Kier alpha value is -3.20. The minimum absolute atomic E-state index is 0.0323. The Bertz CT molecular complexity index is 1180. The van der Waals surface area contributed by atoms with E-state index in [1.165, 1.54) is 18.3 Å². The van der Waals surface area contributed by atoms with Crippen molar-refractivity contribution in [2.75, 3.05) is 0 Å². The van der Waals surface area contributed by atoms with E-state index in [4.69, 9.17) is 10.6 Å². The van der Waals surface area contributed by atoms with Gasteiger partial charge in [0.25, 0.3) is 5.84 Å². The topological polar surface area (TPSA) is 80.2 Å². The highest BCUT2D eigenvalue weighted by Gasteiger charge is 2.51. The van der Waals surface area contributed by atoms with E-state index in [9.17, 15) is 9.50 Å². The quantitative estimate of drug-likeness (QED) is 0.573. The summed E-state index contributed by atoms with van der Waals surface area (Å²) in [6.07, 6.45) is 5.69. The van der Waals surface area contributed by atoms with E-state index in [0.29, 0.717) is 30.0 Å². The first-order chi connectivity index (χ1) is 14.8. The van der Waals surface area contributed by atoms with Crippen LogP contribution in [-0.4, -0.2) is 27.3 Å². The number of hydrogen-bond donors (Lipinski definition) is 2. The average molecular weight is 423 g/mol. The van der Waals surface area contributed by atoms with Crippen LogP contribution < -0.4 is 10.6 Å². The first-order valence-corrected chi connectivity index (χ1v) is 9.94. The lowest BCUT2D eigenvalue weighted by Crippen LogP contribution is -2.53. The Balaban J connectivity index is 1.53. The molecule has 0 spiro atoms. The number of halogens is 2. The molecule has 2 aliphatic heterocycles. The number of aliphatic hydroxyl groups is 1. The van der Waals surface area contributed by atoms with Gasteiger partial charge in [-0.05, 0) is 44.0 Å². The van der Waals surface area contributed by atoms with Crippen LogP contribution in [0.1, 0.15) is 25.3 Å². The van der Waals surface area contributed by atoms with Gasteiger partial charge in [-0.3, -0.25) is 4.99 Å². The highest BCUT2D eigenvalue weighted by molar-refractivity contribution is 6.00. The van der Waals surface area contributed by atoms with Crippen LogP contribution in [-0.2, 0) is 0 Å². The lowest BCUT2D eigenvalue weighted by Gasteiger charge is -2.40. The summed E-state index contributed by atoms with van der Waals surface area (Å²) in [4.78, 5) is 8.76. The number of nitrogens with two attached hydrogens (primary N) is 1. The fourth-order valence-corrected chi connectivity index (χ4v) is 4.28. The Morgan fingerprint density at radius 3 is 2.58 bits per heavy atom. The molecule has 5 rings (SSSR count). The fraction of sp³-hybridized carbons (Fsp3) is 0.217. The molecular weight excluding hydrogens is 402 g/mol. The SMILES string of the molecule is CC1(O)CC(C2=C3C=NC=C[N+]3(N)C(c3ccc(Oc4ccccc4)c(F)c3F)=N2)C1. The lowest BCUT2D eigenvalue weighted by atomic mass is 9.70. The molecule has 31 heavy (non-hydrogen) atoms. The minimum atomic E-state index is -1.12. The van der Waals surface area contributed by atoms with Gasteiger partial charge in [-0.25, -0.2) is 4.39 Å². The number of quaternary nitrogens is 1. The second-order valence-corrected chi connectivity index (χ2v) is 8.32. The number of nitrogens with zero attached hydrogens (tertiary/aromatic N) is 3. The van der Waals surface area contributed by atoms with Crippen molar-refractivity contribution < 1.29 is 23.2 Å². The van der Waals surface area contributed by atoms with Gasteiger partial charge in [-0.1, -0.05) is 18.2 Å². The van der Waals surface area contributed by atoms with Gasteiger partial charge in [-0.2, -0.15) is 15.2 Å². The Kier molecular flexibility index (Phi) is 4.40. The highest BCUT2D eigenvalue weighted by Crippen LogP contribution is 2.47. The number of ether oxygens (including phenoxy) is 1. The molecule has 6 nitrogen and oxygen atoms in total. The third-order valence-corrected chi connectivity index (χ3v) is 5.84. The molecule has 3 aliphatic rings. The van der Waals surface area contributed by atoms with Gasteiger partial charge in [0.1, 0.15) is 17.6 Å². The van der Waals surface area contributed by atoms with Crippen molar-refractivity contribution in [3.63, 3.8) is 0 Å². The molecule has 1 saturated carbocycles. The van der Waals surface area contributed by atoms with E-state index < -0.39 is 21.8 Å². The van der Waals surface area contributed by atoms with Gasteiger partial charge in [0.05, 0.1) is 23.6 Å². The summed E-state index contributed by atoms with van der Waals surface area (Å²) in [7, 11) is 0. The minimum Gasteiger partial charge on any atom is -0.454 e. The molecule has 8 heteroatoms. The maximum atomic E-state index is 15.2. The van der Waals surface area contributed by atoms with E-state index in [-0.39, 0.29) is 23.1 Å². The normalized spacial score (nSPS) is 28.9. The van der Waals surface area contributed by atoms with Crippen molar-refractivity contribution in [1.82, 2.24) is 0 Å². The Morgan fingerprint density at radius 2 is 1.87 bits per heavy atom. The molecule has 2 heterocycles. The molecule has 1 aliphatic carbocycles. The summed E-state index contributed by atoms with van der Waals surface area (Å²) < 4.78 is 35.1. The first kappa shape index (κ1) is 19.7. The number of amidine groups is 1. The summed E-state index contributed by atoms with van der Waals surface area (Å²) in [6, 6.07) is 11.4. The number of aliphatic imine (C=N–C) groups is 2. The van der Waals surface area contributed by atoms with E-state index >= 15 is 4.39 Å². The number of allylic oxidation sites excluding steroid dienone is 2. The maximum Gasteiger partial charge on any atom is 0.268 e. The van der Waals surface area contributed by atoms with Crippen molar-refractivity contribution >= 4 is 12.1 Å². The van der Waals surface area contributed by atoms with E-state index in [0.717, 1.165) is 0 Å². The van der Waals surface area contributed by atoms with Crippen LogP contribution in [0.4, 0.5) is 8.78 Å². The average Bonchev–Trinajstić information content (AvgIpc) is 3.03. The van der Waals surface area contributed by atoms with Crippen LogP contribution in [0.15, 0.2) is 76.2 Å². The molecule has 0 amide bonds.